The molecular formula is C29H44N4O8. The van der Waals surface area contributed by atoms with Crippen molar-refractivity contribution in [2.75, 3.05) is 6.54 Å². The van der Waals surface area contributed by atoms with Crippen LogP contribution in [0, 0.1) is 0 Å². The molecule has 2 rings (SSSR count). The van der Waals surface area contributed by atoms with E-state index in [2.05, 4.69) is 21.3 Å². The van der Waals surface area contributed by atoms with Crippen LogP contribution in [0.15, 0.2) is 24.3 Å². The molecule has 0 bridgehead atoms. The molecule has 4 amide bonds. The average molecular weight is 577 g/mol. The molecule has 0 saturated carbocycles. The van der Waals surface area contributed by atoms with E-state index in [0.717, 1.165) is 0 Å². The van der Waals surface area contributed by atoms with Gasteiger partial charge in [-0.2, -0.15) is 0 Å². The molecule has 1 aromatic carbocycles. The molecule has 3 atom stereocenters. The number of phenols is 1. The van der Waals surface area contributed by atoms with Crippen LogP contribution in [0.4, 0.5) is 4.79 Å². The minimum Gasteiger partial charge on any atom is -0.508 e. The van der Waals surface area contributed by atoms with Crippen LogP contribution >= 0.6 is 0 Å². The topological polar surface area (TPSA) is 172 Å². The number of amides is 4. The van der Waals surface area contributed by atoms with Gasteiger partial charge in [-0.15, -0.1) is 0 Å². The predicted molar refractivity (Wildman–Crippen MR) is 151 cm³/mol. The van der Waals surface area contributed by atoms with Gasteiger partial charge in [-0.1, -0.05) is 12.1 Å². The Labute approximate surface area is 241 Å². The van der Waals surface area contributed by atoms with Gasteiger partial charge in [-0.25, -0.2) is 9.59 Å². The highest BCUT2D eigenvalue weighted by molar-refractivity contribution is 5.93. The molecule has 12 nitrogen and oxygen atoms in total. The van der Waals surface area contributed by atoms with Gasteiger partial charge in [0.25, 0.3) is 0 Å². The highest BCUT2D eigenvalue weighted by atomic mass is 16.6. The number of esters is 1. The monoisotopic (exact) mass is 576 g/mol. The second-order valence-electron chi connectivity index (χ2n) is 12.1. The van der Waals surface area contributed by atoms with E-state index >= 15 is 0 Å². The lowest BCUT2D eigenvalue weighted by molar-refractivity contribution is -0.159. The second kappa shape index (κ2) is 14.7. The van der Waals surface area contributed by atoms with Crippen LogP contribution in [0.1, 0.15) is 79.2 Å². The third-order valence-corrected chi connectivity index (χ3v) is 5.93. The number of phenolic OH excluding ortho intramolecular Hbond substituents is 1. The van der Waals surface area contributed by atoms with Gasteiger partial charge in [0.2, 0.25) is 17.7 Å². The number of ether oxygens (including phenoxy) is 2. The zero-order chi connectivity index (χ0) is 30.8. The molecular weight excluding hydrogens is 532 g/mol. The maximum Gasteiger partial charge on any atom is 0.408 e. The number of hydrogen-bond acceptors (Lipinski definition) is 8. The summed E-state index contributed by atoms with van der Waals surface area (Å²) in [5.74, 6) is -2.21. The molecule has 1 heterocycles. The van der Waals surface area contributed by atoms with Crippen molar-refractivity contribution < 1.29 is 38.6 Å². The van der Waals surface area contributed by atoms with Crippen LogP contribution in [-0.2, 0) is 35.1 Å². The number of aromatic hydroxyl groups is 1. The number of rotatable bonds is 4. The van der Waals surface area contributed by atoms with E-state index in [9.17, 15) is 29.1 Å². The van der Waals surface area contributed by atoms with Gasteiger partial charge >= 0.3 is 12.1 Å². The quantitative estimate of drug-likeness (QED) is 0.340. The molecule has 228 valence electrons. The third kappa shape index (κ3) is 12.9. The van der Waals surface area contributed by atoms with Gasteiger partial charge in [0, 0.05) is 19.4 Å². The molecule has 0 aromatic heterocycles. The fraction of sp³-hybridized carbons (Fsp3) is 0.621. The Kier molecular flexibility index (Phi) is 12.0. The van der Waals surface area contributed by atoms with E-state index in [0.29, 0.717) is 24.9 Å². The summed E-state index contributed by atoms with van der Waals surface area (Å²) in [5.41, 5.74) is -0.978. The van der Waals surface area contributed by atoms with Crippen molar-refractivity contribution in [3.05, 3.63) is 29.8 Å². The normalized spacial score (nSPS) is 21.7. The average Bonchev–Trinajstić information content (AvgIpc) is 2.83. The fourth-order valence-electron chi connectivity index (χ4n) is 4.03. The van der Waals surface area contributed by atoms with Crippen molar-refractivity contribution in [3.63, 3.8) is 0 Å². The summed E-state index contributed by atoms with van der Waals surface area (Å²) in [5, 5.41) is 20.3. The third-order valence-electron chi connectivity index (χ3n) is 5.93. The highest BCUT2D eigenvalue weighted by Gasteiger charge is 2.32. The van der Waals surface area contributed by atoms with E-state index in [1.54, 1.807) is 53.7 Å². The number of alkyl carbamates (subject to hydrolysis) is 1. The van der Waals surface area contributed by atoms with Gasteiger partial charge in [-0.3, -0.25) is 14.4 Å². The van der Waals surface area contributed by atoms with E-state index in [1.807, 2.05) is 0 Å². The molecule has 0 radical (unpaired) electrons. The van der Waals surface area contributed by atoms with Crippen LogP contribution in [0.5, 0.6) is 5.75 Å². The Morgan fingerprint density at radius 2 is 1.54 bits per heavy atom. The van der Waals surface area contributed by atoms with Crippen LogP contribution < -0.4 is 21.3 Å². The largest absolute Gasteiger partial charge is 0.508 e. The van der Waals surface area contributed by atoms with E-state index in [4.69, 9.17) is 9.47 Å². The van der Waals surface area contributed by atoms with Crippen LogP contribution in [0.25, 0.3) is 0 Å². The maximum absolute atomic E-state index is 13.6. The van der Waals surface area contributed by atoms with Gasteiger partial charge in [0.1, 0.15) is 35.1 Å². The highest BCUT2D eigenvalue weighted by Crippen LogP contribution is 2.15. The summed E-state index contributed by atoms with van der Waals surface area (Å²) in [7, 11) is 0. The maximum atomic E-state index is 13.6. The SMILES string of the molecule is CC(C)(C)OC(=O)NC1CCC(=O)NCCCCC(C(=O)OC(C)(C)C)NC(=O)C(Cc2ccc(O)cc2)NC1=O. The summed E-state index contributed by atoms with van der Waals surface area (Å²) in [6.07, 6.45) is 0.420. The smallest absolute Gasteiger partial charge is 0.408 e. The summed E-state index contributed by atoms with van der Waals surface area (Å²) in [4.78, 5) is 64.9. The molecule has 1 saturated heterocycles. The minimum atomic E-state index is -1.18. The Balaban J connectivity index is 2.38. The van der Waals surface area contributed by atoms with Crippen molar-refractivity contribution >= 4 is 29.8 Å². The van der Waals surface area contributed by atoms with Crippen LogP contribution in [0.3, 0.4) is 0 Å². The van der Waals surface area contributed by atoms with Gasteiger partial charge in [0.05, 0.1) is 0 Å². The minimum absolute atomic E-state index is 0.0263. The van der Waals surface area contributed by atoms with Crippen molar-refractivity contribution in [1.82, 2.24) is 21.3 Å². The molecule has 0 spiro atoms. The molecule has 0 aliphatic carbocycles. The van der Waals surface area contributed by atoms with Crippen LogP contribution in [-0.4, -0.2) is 70.8 Å². The number of carbonyl (C=O) groups is 5. The molecule has 3 unspecified atom stereocenters. The summed E-state index contributed by atoms with van der Waals surface area (Å²) < 4.78 is 10.8. The first kappa shape index (κ1) is 33.4. The van der Waals surface area contributed by atoms with E-state index < -0.39 is 53.2 Å². The van der Waals surface area contributed by atoms with Crippen molar-refractivity contribution in [3.8, 4) is 5.75 Å². The van der Waals surface area contributed by atoms with Crippen molar-refractivity contribution in [2.24, 2.45) is 0 Å². The zero-order valence-corrected chi connectivity index (χ0v) is 24.8. The Morgan fingerprint density at radius 3 is 2.15 bits per heavy atom. The van der Waals surface area contributed by atoms with Crippen LogP contribution in [0.2, 0.25) is 0 Å². The number of carbonyl (C=O) groups excluding carboxylic acids is 5. The lowest BCUT2D eigenvalue weighted by Crippen LogP contribution is -2.57. The number of benzene rings is 1. The molecule has 1 fully saturated rings. The Hall–Kier alpha value is -3.83. The molecule has 41 heavy (non-hydrogen) atoms. The lowest BCUT2D eigenvalue weighted by atomic mass is 10.0. The number of nitrogens with one attached hydrogen (secondary N) is 4. The van der Waals surface area contributed by atoms with Gasteiger partial charge < -0.3 is 35.8 Å². The number of hydrogen-bond donors (Lipinski definition) is 5. The second-order valence-corrected chi connectivity index (χ2v) is 12.1. The Bertz CT molecular complexity index is 1080. The van der Waals surface area contributed by atoms with E-state index in [1.165, 1.54) is 12.1 Å². The first-order chi connectivity index (χ1) is 19.0. The Morgan fingerprint density at radius 1 is 0.902 bits per heavy atom. The van der Waals surface area contributed by atoms with Gasteiger partial charge in [-0.05, 0) is 84.9 Å². The van der Waals surface area contributed by atoms with Gasteiger partial charge in [0.15, 0.2) is 0 Å². The lowest BCUT2D eigenvalue weighted by Gasteiger charge is -2.27. The standard InChI is InChI=1S/C29H44N4O8/c1-28(2,3)40-26(38)21-9-7-8-16-30-23(35)15-14-20(33-27(39)41-29(4,5)6)24(36)32-22(25(37)31-21)17-18-10-12-19(34)13-11-18/h10-13,20-22,34H,7-9,14-17H2,1-6H3,(H,30,35)(H,31,37)(H,32,36)(H,33,39). The fourth-order valence-corrected chi connectivity index (χ4v) is 4.03. The zero-order valence-electron chi connectivity index (χ0n) is 24.8. The molecule has 5 N–H and O–H groups in total. The molecule has 1 aliphatic heterocycles. The first-order valence-electron chi connectivity index (χ1n) is 13.9. The van der Waals surface area contributed by atoms with Crippen molar-refractivity contribution in [1.29, 1.82) is 0 Å². The summed E-state index contributed by atoms with van der Waals surface area (Å²) in [6, 6.07) is 2.80. The molecule has 1 aliphatic rings. The summed E-state index contributed by atoms with van der Waals surface area (Å²) >= 11 is 0. The first-order valence-corrected chi connectivity index (χ1v) is 13.9. The molecule has 1 aromatic rings. The van der Waals surface area contributed by atoms with Crippen molar-refractivity contribution in [2.45, 2.75) is 109 Å². The predicted octanol–water partition coefficient (Wildman–Crippen LogP) is 2.22. The van der Waals surface area contributed by atoms with E-state index in [-0.39, 0.29) is 37.3 Å². The summed E-state index contributed by atoms with van der Waals surface area (Å²) in [6.45, 7) is 10.5. The molecule has 12 heteroatoms.